The molecule has 1 N–H and O–H groups in total. The molecule has 7 heteroatoms. The summed E-state index contributed by atoms with van der Waals surface area (Å²) in [7, 11) is 0. The van der Waals surface area contributed by atoms with E-state index >= 15 is 0 Å². The SMILES string of the molecule is CCN(CC)C(=O)CNCC1CC(F)(F)C(=O)O1. The molecule has 1 aliphatic heterocycles. The Kier molecular flexibility index (Phi) is 5.01. The van der Waals surface area contributed by atoms with Gasteiger partial charge >= 0.3 is 11.9 Å². The van der Waals surface area contributed by atoms with Crippen molar-refractivity contribution in [3.63, 3.8) is 0 Å². The van der Waals surface area contributed by atoms with Crippen LogP contribution in [0.4, 0.5) is 8.78 Å². The molecule has 0 radical (unpaired) electrons. The molecule has 0 spiro atoms. The summed E-state index contributed by atoms with van der Waals surface area (Å²) in [6.07, 6.45) is -1.49. The van der Waals surface area contributed by atoms with Crippen LogP contribution in [-0.2, 0) is 14.3 Å². The molecule has 1 unspecified atom stereocenters. The number of rotatable bonds is 6. The maximum absolute atomic E-state index is 12.8. The molecule has 1 fully saturated rings. The normalized spacial score (nSPS) is 21.8. The maximum atomic E-state index is 12.8. The summed E-state index contributed by atoms with van der Waals surface area (Å²) in [5.41, 5.74) is 0. The van der Waals surface area contributed by atoms with E-state index in [-0.39, 0.29) is 19.0 Å². The van der Waals surface area contributed by atoms with Gasteiger partial charge < -0.3 is 15.0 Å². The smallest absolute Gasteiger partial charge is 0.377 e. The van der Waals surface area contributed by atoms with Gasteiger partial charge in [0.05, 0.1) is 13.0 Å². The average molecular weight is 264 g/mol. The third-order valence-corrected chi connectivity index (χ3v) is 2.82. The number of halogens is 2. The van der Waals surface area contributed by atoms with Crippen LogP contribution in [0, 0.1) is 0 Å². The van der Waals surface area contributed by atoms with Crippen molar-refractivity contribution in [3.05, 3.63) is 0 Å². The second-order valence-electron chi connectivity index (χ2n) is 4.13. The number of likely N-dealkylation sites (N-methyl/N-ethyl adjacent to an activating group) is 1. The quantitative estimate of drug-likeness (QED) is 0.705. The first kappa shape index (κ1) is 14.8. The fourth-order valence-electron chi connectivity index (χ4n) is 1.79. The third kappa shape index (κ3) is 3.63. The van der Waals surface area contributed by atoms with Crippen LogP contribution in [0.5, 0.6) is 0 Å². The van der Waals surface area contributed by atoms with Gasteiger partial charge in [0.2, 0.25) is 5.91 Å². The first-order valence-corrected chi connectivity index (χ1v) is 5.98. The van der Waals surface area contributed by atoms with E-state index < -0.39 is 24.4 Å². The van der Waals surface area contributed by atoms with Gasteiger partial charge in [0.1, 0.15) is 6.10 Å². The van der Waals surface area contributed by atoms with Gasteiger partial charge in [-0.1, -0.05) is 0 Å². The molecule has 1 rings (SSSR count). The Morgan fingerprint density at radius 2 is 2.11 bits per heavy atom. The second kappa shape index (κ2) is 6.08. The van der Waals surface area contributed by atoms with Gasteiger partial charge in [-0.3, -0.25) is 4.79 Å². The summed E-state index contributed by atoms with van der Waals surface area (Å²) in [6, 6.07) is 0. The Labute approximate surface area is 104 Å². The van der Waals surface area contributed by atoms with E-state index in [9.17, 15) is 18.4 Å². The average Bonchev–Trinajstić information content (AvgIpc) is 2.54. The summed E-state index contributed by atoms with van der Waals surface area (Å²) >= 11 is 0. The van der Waals surface area contributed by atoms with Crippen molar-refractivity contribution in [1.29, 1.82) is 0 Å². The lowest BCUT2D eigenvalue weighted by atomic mass is 10.2. The first-order chi connectivity index (χ1) is 8.40. The van der Waals surface area contributed by atoms with Gasteiger partial charge in [-0.25, -0.2) is 4.79 Å². The van der Waals surface area contributed by atoms with Crippen LogP contribution in [-0.4, -0.2) is 55.0 Å². The van der Waals surface area contributed by atoms with Gasteiger partial charge in [0.25, 0.3) is 0 Å². The number of esters is 1. The Hall–Kier alpha value is -1.24. The highest BCUT2D eigenvalue weighted by atomic mass is 19.3. The zero-order valence-corrected chi connectivity index (χ0v) is 10.5. The van der Waals surface area contributed by atoms with Gasteiger partial charge in [-0.2, -0.15) is 8.78 Å². The molecular weight excluding hydrogens is 246 g/mol. The molecule has 0 aliphatic carbocycles. The minimum Gasteiger partial charge on any atom is -0.456 e. The van der Waals surface area contributed by atoms with E-state index in [0.29, 0.717) is 13.1 Å². The molecule has 0 aromatic carbocycles. The number of ether oxygens (including phenoxy) is 1. The highest BCUT2D eigenvalue weighted by molar-refractivity contribution is 5.80. The van der Waals surface area contributed by atoms with E-state index in [1.54, 1.807) is 4.90 Å². The van der Waals surface area contributed by atoms with Gasteiger partial charge in [0, 0.05) is 19.6 Å². The zero-order chi connectivity index (χ0) is 13.8. The largest absolute Gasteiger partial charge is 0.456 e. The molecule has 0 bridgehead atoms. The number of cyclic esters (lactones) is 1. The summed E-state index contributed by atoms with van der Waals surface area (Å²) in [5.74, 6) is -4.98. The predicted molar refractivity (Wildman–Crippen MR) is 60.2 cm³/mol. The number of nitrogens with zero attached hydrogens (tertiary/aromatic N) is 1. The monoisotopic (exact) mass is 264 g/mol. The molecule has 5 nitrogen and oxygen atoms in total. The van der Waals surface area contributed by atoms with E-state index in [1.165, 1.54) is 0 Å². The second-order valence-corrected chi connectivity index (χ2v) is 4.13. The van der Waals surface area contributed by atoms with Crippen molar-refractivity contribution in [2.24, 2.45) is 0 Å². The standard InChI is InChI=1S/C11H18F2N2O3/c1-3-15(4-2)9(16)7-14-6-8-5-11(12,13)10(17)18-8/h8,14H,3-7H2,1-2H3. The Morgan fingerprint density at radius 1 is 1.50 bits per heavy atom. The summed E-state index contributed by atoms with van der Waals surface area (Å²) < 4.78 is 30.2. The van der Waals surface area contributed by atoms with Crippen molar-refractivity contribution in [3.8, 4) is 0 Å². The lowest BCUT2D eigenvalue weighted by Gasteiger charge is -2.19. The predicted octanol–water partition coefficient (Wildman–Crippen LogP) is 0.395. The van der Waals surface area contributed by atoms with Crippen molar-refractivity contribution in [2.45, 2.75) is 32.3 Å². The number of hydrogen-bond acceptors (Lipinski definition) is 4. The molecular formula is C11H18F2N2O3. The lowest BCUT2D eigenvalue weighted by molar-refractivity contribution is -0.158. The third-order valence-electron chi connectivity index (χ3n) is 2.82. The van der Waals surface area contributed by atoms with Crippen LogP contribution in [0.2, 0.25) is 0 Å². The Morgan fingerprint density at radius 3 is 2.56 bits per heavy atom. The fourth-order valence-corrected chi connectivity index (χ4v) is 1.79. The number of hydrogen-bond donors (Lipinski definition) is 1. The number of nitrogens with one attached hydrogen (secondary N) is 1. The molecule has 0 aromatic heterocycles. The minimum atomic E-state index is -3.39. The van der Waals surface area contributed by atoms with Crippen LogP contribution in [0.25, 0.3) is 0 Å². The number of carbonyl (C=O) groups excluding carboxylic acids is 2. The van der Waals surface area contributed by atoms with Crippen molar-refractivity contribution in [1.82, 2.24) is 10.2 Å². The number of amides is 1. The van der Waals surface area contributed by atoms with Crippen LogP contribution < -0.4 is 5.32 Å². The number of carbonyl (C=O) groups is 2. The van der Waals surface area contributed by atoms with Crippen molar-refractivity contribution >= 4 is 11.9 Å². The minimum absolute atomic E-state index is 0.0568. The summed E-state index contributed by atoms with van der Waals surface area (Å²) in [4.78, 5) is 23.9. The molecule has 104 valence electrons. The Bertz CT molecular complexity index is 319. The molecule has 1 aliphatic rings. The first-order valence-electron chi connectivity index (χ1n) is 5.98. The fraction of sp³-hybridized carbons (Fsp3) is 0.818. The summed E-state index contributed by atoms with van der Waals surface area (Å²) in [6.45, 7) is 5.05. The lowest BCUT2D eigenvalue weighted by Crippen LogP contribution is -2.40. The zero-order valence-electron chi connectivity index (χ0n) is 10.5. The molecule has 1 heterocycles. The van der Waals surface area contributed by atoms with Crippen LogP contribution in [0.1, 0.15) is 20.3 Å². The van der Waals surface area contributed by atoms with Gasteiger partial charge in [-0.05, 0) is 13.8 Å². The highest BCUT2D eigenvalue weighted by Crippen LogP contribution is 2.30. The molecule has 0 aromatic rings. The maximum Gasteiger partial charge on any atom is 0.377 e. The molecule has 0 saturated carbocycles. The van der Waals surface area contributed by atoms with Crippen LogP contribution >= 0.6 is 0 Å². The highest BCUT2D eigenvalue weighted by Gasteiger charge is 2.50. The number of alkyl halides is 2. The van der Waals surface area contributed by atoms with E-state index in [0.717, 1.165) is 0 Å². The van der Waals surface area contributed by atoms with E-state index in [1.807, 2.05) is 13.8 Å². The molecule has 1 amide bonds. The van der Waals surface area contributed by atoms with Gasteiger partial charge in [-0.15, -0.1) is 0 Å². The Balaban J connectivity index is 2.27. The van der Waals surface area contributed by atoms with Crippen LogP contribution in [0.3, 0.4) is 0 Å². The summed E-state index contributed by atoms with van der Waals surface area (Å²) in [5, 5.41) is 2.73. The molecule has 1 saturated heterocycles. The van der Waals surface area contributed by atoms with Crippen molar-refractivity contribution < 1.29 is 23.1 Å². The topological polar surface area (TPSA) is 58.6 Å². The van der Waals surface area contributed by atoms with Crippen LogP contribution in [0.15, 0.2) is 0 Å². The molecule has 18 heavy (non-hydrogen) atoms. The van der Waals surface area contributed by atoms with Gasteiger partial charge in [0.15, 0.2) is 0 Å². The van der Waals surface area contributed by atoms with E-state index in [2.05, 4.69) is 10.1 Å². The van der Waals surface area contributed by atoms with Crippen molar-refractivity contribution in [2.75, 3.05) is 26.2 Å². The molecule has 1 atom stereocenters. The van der Waals surface area contributed by atoms with E-state index in [4.69, 9.17) is 0 Å².